The number of rotatable bonds is 4. The molecule has 0 saturated heterocycles. The second-order valence-corrected chi connectivity index (χ2v) is 3.84. The van der Waals surface area contributed by atoms with Gasteiger partial charge in [0.05, 0.1) is 0 Å². The Morgan fingerprint density at radius 1 is 1.33 bits per heavy atom. The van der Waals surface area contributed by atoms with Gasteiger partial charge in [-0.3, -0.25) is 5.41 Å². The first-order valence-electron chi connectivity index (χ1n) is 5.27. The molecule has 0 fully saturated rings. The van der Waals surface area contributed by atoms with Gasteiger partial charge in [0.1, 0.15) is 5.84 Å². The van der Waals surface area contributed by atoms with Crippen molar-refractivity contribution in [2.75, 3.05) is 11.4 Å². The quantitative estimate of drug-likeness (QED) is 0.585. The summed E-state index contributed by atoms with van der Waals surface area (Å²) in [6.45, 7) is 7.46. The summed E-state index contributed by atoms with van der Waals surface area (Å²) in [5.74, 6) is 0.120. The van der Waals surface area contributed by atoms with Gasteiger partial charge in [0.2, 0.25) is 0 Å². The number of benzene rings is 1. The molecule has 1 aromatic rings. The number of nitrogens with two attached hydrogens (primary N) is 1. The average molecular weight is 205 g/mol. The lowest BCUT2D eigenvalue weighted by Gasteiger charge is -2.27. The Balaban J connectivity index is 2.92. The van der Waals surface area contributed by atoms with Crippen LogP contribution in [0.1, 0.15) is 26.3 Å². The van der Waals surface area contributed by atoms with E-state index in [1.54, 1.807) is 0 Å². The Bertz CT molecular complexity index is 327. The summed E-state index contributed by atoms with van der Waals surface area (Å²) in [6.07, 6.45) is 0. The second kappa shape index (κ2) is 4.82. The first-order chi connectivity index (χ1) is 7.06. The van der Waals surface area contributed by atoms with Crippen LogP contribution in [-0.2, 0) is 0 Å². The molecule has 1 rings (SSSR count). The molecule has 3 nitrogen and oxygen atoms in total. The van der Waals surface area contributed by atoms with Gasteiger partial charge in [0.15, 0.2) is 0 Å². The van der Waals surface area contributed by atoms with E-state index in [4.69, 9.17) is 11.1 Å². The Kier molecular flexibility index (Phi) is 3.72. The maximum absolute atomic E-state index is 7.31. The van der Waals surface area contributed by atoms with Crippen LogP contribution in [0, 0.1) is 5.41 Å². The summed E-state index contributed by atoms with van der Waals surface area (Å²) in [6, 6.07) is 8.30. The highest BCUT2D eigenvalue weighted by atomic mass is 15.1. The Morgan fingerprint density at radius 2 is 1.87 bits per heavy atom. The molecule has 0 aromatic heterocycles. The number of nitrogen functional groups attached to an aromatic ring is 1. The van der Waals surface area contributed by atoms with Crippen LogP contribution in [0.25, 0.3) is 0 Å². The zero-order valence-electron chi connectivity index (χ0n) is 9.62. The summed E-state index contributed by atoms with van der Waals surface area (Å²) in [5, 5.41) is 7.31. The Morgan fingerprint density at radius 3 is 2.20 bits per heavy atom. The Labute approximate surface area is 91.4 Å². The highest BCUT2D eigenvalue weighted by molar-refractivity contribution is 5.95. The number of hydrogen-bond acceptors (Lipinski definition) is 2. The van der Waals surface area contributed by atoms with Crippen LogP contribution in [0.5, 0.6) is 0 Å². The molecule has 0 heterocycles. The van der Waals surface area contributed by atoms with Crippen molar-refractivity contribution in [1.82, 2.24) is 0 Å². The summed E-state index contributed by atoms with van der Waals surface area (Å²) < 4.78 is 0. The molecule has 0 aliphatic carbocycles. The fourth-order valence-electron chi connectivity index (χ4n) is 1.68. The summed E-state index contributed by atoms with van der Waals surface area (Å²) in [5.41, 5.74) is 7.36. The van der Waals surface area contributed by atoms with E-state index in [0.29, 0.717) is 6.04 Å². The predicted molar refractivity (Wildman–Crippen MR) is 65.6 cm³/mol. The van der Waals surface area contributed by atoms with E-state index in [9.17, 15) is 0 Å². The van der Waals surface area contributed by atoms with Crippen molar-refractivity contribution < 1.29 is 0 Å². The van der Waals surface area contributed by atoms with E-state index >= 15 is 0 Å². The maximum atomic E-state index is 7.31. The molecule has 0 amide bonds. The van der Waals surface area contributed by atoms with Gasteiger partial charge in [-0.1, -0.05) is 0 Å². The smallest absolute Gasteiger partial charge is 0.122 e. The van der Waals surface area contributed by atoms with Crippen molar-refractivity contribution in [3.05, 3.63) is 29.8 Å². The molecule has 0 radical (unpaired) electrons. The normalized spacial score (nSPS) is 10.4. The molecular formula is C12H19N3. The van der Waals surface area contributed by atoms with Crippen molar-refractivity contribution in [3.63, 3.8) is 0 Å². The van der Waals surface area contributed by atoms with Crippen LogP contribution in [0.2, 0.25) is 0 Å². The fraction of sp³-hybridized carbons (Fsp3) is 0.417. The van der Waals surface area contributed by atoms with Crippen molar-refractivity contribution in [3.8, 4) is 0 Å². The third-order valence-electron chi connectivity index (χ3n) is 2.47. The van der Waals surface area contributed by atoms with Gasteiger partial charge in [0, 0.05) is 23.8 Å². The van der Waals surface area contributed by atoms with Gasteiger partial charge >= 0.3 is 0 Å². The molecular weight excluding hydrogens is 186 g/mol. The van der Waals surface area contributed by atoms with Gasteiger partial charge in [0.25, 0.3) is 0 Å². The SMILES string of the molecule is CCN(c1ccc(C(=N)N)cc1)C(C)C. The highest BCUT2D eigenvalue weighted by Gasteiger charge is 2.07. The number of anilines is 1. The summed E-state index contributed by atoms with van der Waals surface area (Å²) >= 11 is 0. The van der Waals surface area contributed by atoms with E-state index in [2.05, 4.69) is 25.7 Å². The number of nitrogens with one attached hydrogen (secondary N) is 1. The molecule has 0 aliphatic heterocycles. The molecule has 0 bridgehead atoms. The van der Waals surface area contributed by atoms with E-state index in [1.165, 1.54) is 5.69 Å². The fourth-order valence-corrected chi connectivity index (χ4v) is 1.68. The molecule has 3 N–H and O–H groups in total. The third kappa shape index (κ3) is 2.72. The summed E-state index contributed by atoms with van der Waals surface area (Å²) in [7, 11) is 0. The molecule has 0 spiro atoms. The topological polar surface area (TPSA) is 53.1 Å². The minimum absolute atomic E-state index is 0.120. The molecule has 15 heavy (non-hydrogen) atoms. The van der Waals surface area contributed by atoms with E-state index in [0.717, 1.165) is 12.1 Å². The molecule has 0 saturated carbocycles. The standard InChI is InChI=1S/C12H19N3/c1-4-15(9(2)3)11-7-5-10(6-8-11)12(13)14/h5-9H,4H2,1-3H3,(H3,13,14). The lowest BCUT2D eigenvalue weighted by Crippen LogP contribution is -2.30. The average Bonchev–Trinajstić information content (AvgIpc) is 2.19. The largest absolute Gasteiger partial charge is 0.384 e. The predicted octanol–water partition coefficient (Wildman–Crippen LogP) is 2.21. The Hall–Kier alpha value is -1.51. The maximum Gasteiger partial charge on any atom is 0.122 e. The third-order valence-corrected chi connectivity index (χ3v) is 2.47. The first-order valence-corrected chi connectivity index (χ1v) is 5.27. The molecule has 0 unspecified atom stereocenters. The van der Waals surface area contributed by atoms with Crippen LogP contribution in [0.15, 0.2) is 24.3 Å². The van der Waals surface area contributed by atoms with Crippen LogP contribution >= 0.6 is 0 Å². The van der Waals surface area contributed by atoms with E-state index < -0.39 is 0 Å². The molecule has 0 atom stereocenters. The van der Waals surface area contributed by atoms with E-state index in [1.807, 2.05) is 24.3 Å². The van der Waals surface area contributed by atoms with Crippen molar-refractivity contribution in [1.29, 1.82) is 5.41 Å². The lowest BCUT2D eigenvalue weighted by atomic mass is 10.1. The first kappa shape index (κ1) is 11.6. The van der Waals surface area contributed by atoms with Gasteiger partial charge in [-0.25, -0.2) is 0 Å². The van der Waals surface area contributed by atoms with E-state index in [-0.39, 0.29) is 5.84 Å². The molecule has 82 valence electrons. The zero-order valence-corrected chi connectivity index (χ0v) is 9.62. The van der Waals surface area contributed by atoms with Gasteiger partial charge in [-0.2, -0.15) is 0 Å². The molecule has 3 heteroatoms. The number of hydrogen-bond donors (Lipinski definition) is 2. The summed E-state index contributed by atoms with van der Waals surface area (Å²) in [4.78, 5) is 2.30. The van der Waals surface area contributed by atoms with Gasteiger partial charge in [-0.15, -0.1) is 0 Å². The van der Waals surface area contributed by atoms with Gasteiger partial charge < -0.3 is 10.6 Å². The lowest BCUT2D eigenvalue weighted by molar-refractivity contribution is 0.704. The van der Waals surface area contributed by atoms with Crippen molar-refractivity contribution in [2.45, 2.75) is 26.8 Å². The van der Waals surface area contributed by atoms with Gasteiger partial charge in [-0.05, 0) is 45.0 Å². The van der Waals surface area contributed by atoms with Crippen LogP contribution in [0.4, 0.5) is 5.69 Å². The highest BCUT2D eigenvalue weighted by Crippen LogP contribution is 2.17. The zero-order chi connectivity index (χ0) is 11.4. The van der Waals surface area contributed by atoms with Crippen LogP contribution in [0.3, 0.4) is 0 Å². The monoisotopic (exact) mass is 205 g/mol. The minimum Gasteiger partial charge on any atom is -0.384 e. The number of nitrogens with zero attached hydrogens (tertiary/aromatic N) is 1. The minimum atomic E-state index is 0.120. The second-order valence-electron chi connectivity index (χ2n) is 3.84. The van der Waals surface area contributed by atoms with Crippen molar-refractivity contribution >= 4 is 11.5 Å². The molecule has 1 aromatic carbocycles. The van der Waals surface area contributed by atoms with Crippen LogP contribution in [-0.4, -0.2) is 18.4 Å². The number of amidine groups is 1. The molecule has 0 aliphatic rings. The van der Waals surface area contributed by atoms with Crippen LogP contribution < -0.4 is 10.6 Å². The van der Waals surface area contributed by atoms with Crippen molar-refractivity contribution in [2.24, 2.45) is 5.73 Å².